The van der Waals surface area contributed by atoms with Crippen LogP contribution < -0.4 is 0 Å². The Morgan fingerprint density at radius 1 is 1.06 bits per heavy atom. The molecular formula is C10H9Cl3O3. The number of allylic oxidation sites excluding steroid dienone is 3. The van der Waals surface area contributed by atoms with Crippen molar-refractivity contribution in [2.24, 2.45) is 0 Å². The maximum absolute atomic E-state index is 11.6. The van der Waals surface area contributed by atoms with Gasteiger partial charge < -0.3 is 4.74 Å². The van der Waals surface area contributed by atoms with Gasteiger partial charge in [-0.3, -0.25) is 9.59 Å². The molecule has 0 aromatic heterocycles. The molecule has 0 fully saturated rings. The van der Waals surface area contributed by atoms with E-state index in [1.807, 2.05) is 6.92 Å². The van der Waals surface area contributed by atoms with Gasteiger partial charge in [0.25, 0.3) is 0 Å². The van der Waals surface area contributed by atoms with E-state index in [0.29, 0.717) is 6.42 Å². The number of halogens is 3. The van der Waals surface area contributed by atoms with E-state index >= 15 is 0 Å². The lowest BCUT2D eigenvalue weighted by atomic mass is 10.1. The van der Waals surface area contributed by atoms with Gasteiger partial charge in [-0.1, -0.05) is 41.7 Å². The molecule has 0 aromatic carbocycles. The average Bonchev–Trinajstić information content (AvgIpc) is 2.29. The topological polar surface area (TPSA) is 43.4 Å². The van der Waals surface area contributed by atoms with Crippen LogP contribution in [0.25, 0.3) is 0 Å². The molecule has 1 unspecified atom stereocenters. The molecule has 0 amide bonds. The second-order valence-corrected chi connectivity index (χ2v) is 4.40. The Morgan fingerprint density at radius 3 is 2.06 bits per heavy atom. The van der Waals surface area contributed by atoms with Crippen LogP contribution in [0.3, 0.4) is 0 Å². The van der Waals surface area contributed by atoms with Gasteiger partial charge in [0.15, 0.2) is 5.76 Å². The molecule has 1 atom stereocenters. The molecule has 1 aliphatic carbocycles. The lowest BCUT2D eigenvalue weighted by Gasteiger charge is -2.19. The minimum absolute atomic E-state index is 0.226. The molecule has 0 aliphatic heterocycles. The van der Waals surface area contributed by atoms with Crippen molar-refractivity contribution in [2.45, 2.75) is 26.4 Å². The fourth-order valence-corrected chi connectivity index (χ4v) is 1.61. The van der Waals surface area contributed by atoms with Crippen LogP contribution >= 0.6 is 34.8 Å². The molecule has 6 heteroatoms. The number of hydrogen-bond donors (Lipinski definition) is 0. The van der Waals surface area contributed by atoms with Gasteiger partial charge in [-0.05, 0) is 13.3 Å². The standard InChI is InChI=1S/C10H9Cl3O3/c1-3-4(2)16-10-7(13)8(14)5(11)6(12)9(10)15/h4H,3H2,1-2H3. The van der Waals surface area contributed by atoms with Crippen LogP contribution in [-0.4, -0.2) is 17.7 Å². The fourth-order valence-electron chi connectivity index (χ4n) is 0.988. The summed E-state index contributed by atoms with van der Waals surface area (Å²) in [4.78, 5) is 23.1. The van der Waals surface area contributed by atoms with E-state index < -0.39 is 11.6 Å². The zero-order valence-corrected chi connectivity index (χ0v) is 10.9. The molecule has 1 aliphatic rings. The number of rotatable bonds is 3. The molecule has 0 N–H and O–H groups in total. The van der Waals surface area contributed by atoms with E-state index in [4.69, 9.17) is 39.5 Å². The van der Waals surface area contributed by atoms with Crippen LogP contribution in [-0.2, 0) is 14.3 Å². The summed E-state index contributed by atoms with van der Waals surface area (Å²) in [7, 11) is 0. The summed E-state index contributed by atoms with van der Waals surface area (Å²) < 4.78 is 5.25. The summed E-state index contributed by atoms with van der Waals surface area (Å²) in [6.45, 7) is 3.63. The Labute approximate surface area is 108 Å². The molecule has 0 saturated carbocycles. The van der Waals surface area contributed by atoms with Gasteiger partial charge >= 0.3 is 0 Å². The highest BCUT2D eigenvalue weighted by atomic mass is 35.5. The second-order valence-electron chi connectivity index (χ2n) is 3.27. The Morgan fingerprint density at radius 2 is 1.56 bits per heavy atom. The van der Waals surface area contributed by atoms with E-state index in [1.165, 1.54) is 0 Å². The van der Waals surface area contributed by atoms with Crippen molar-refractivity contribution in [3.63, 3.8) is 0 Å². The van der Waals surface area contributed by atoms with Crippen molar-refractivity contribution >= 4 is 46.4 Å². The van der Waals surface area contributed by atoms with E-state index in [9.17, 15) is 9.59 Å². The van der Waals surface area contributed by atoms with Crippen molar-refractivity contribution in [1.82, 2.24) is 0 Å². The van der Waals surface area contributed by atoms with Crippen LogP contribution in [0.4, 0.5) is 0 Å². The smallest absolute Gasteiger partial charge is 0.242 e. The first-order valence-corrected chi connectivity index (χ1v) is 5.74. The Bertz CT molecular complexity index is 410. The monoisotopic (exact) mass is 282 g/mol. The summed E-state index contributed by atoms with van der Waals surface area (Å²) in [5.74, 6) is -1.57. The highest BCUT2D eigenvalue weighted by molar-refractivity contribution is 6.64. The first-order chi connectivity index (χ1) is 7.40. The minimum Gasteiger partial charge on any atom is -0.485 e. The van der Waals surface area contributed by atoms with Crippen LogP contribution in [0.15, 0.2) is 20.9 Å². The van der Waals surface area contributed by atoms with Crippen LogP contribution in [0.2, 0.25) is 0 Å². The largest absolute Gasteiger partial charge is 0.485 e. The first kappa shape index (κ1) is 13.6. The maximum Gasteiger partial charge on any atom is 0.242 e. The van der Waals surface area contributed by atoms with Gasteiger partial charge in [0.2, 0.25) is 11.6 Å². The van der Waals surface area contributed by atoms with E-state index in [-0.39, 0.29) is 27.0 Å². The highest BCUT2D eigenvalue weighted by Crippen LogP contribution is 2.32. The summed E-state index contributed by atoms with van der Waals surface area (Å²) >= 11 is 16.8. The van der Waals surface area contributed by atoms with Crippen molar-refractivity contribution in [3.05, 3.63) is 20.9 Å². The lowest BCUT2D eigenvalue weighted by molar-refractivity contribution is -0.118. The third kappa shape index (κ3) is 2.42. The maximum atomic E-state index is 11.6. The summed E-state index contributed by atoms with van der Waals surface area (Å²) in [5, 5.41) is -1.04. The SMILES string of the molecule is CCC(C)OC1=C(Cl)C(=O)C(Cl)=C(Cl)C1=O. The molecule has 0 aromatic rings. The normalized spacial score (nSPS) is 19.3. The number of carbonyl (C=O) groups excluding carboxylic acids is 2. The second kappa shape index (κ2) is 5.21. The number of ether oxygens (including phenoxy) is 1. The lowest BCUT2D eigenvalue weighted by Crippen LogP contribution is -2.22. The summed E-state index contributed by atoms with van der Waals surface area (Å²) in [5.41, 5.74) is 0. The van der Waals surface area contributed by atoms with Gasteiger partial charge in [0.05, 0.1) is 6.10 Å². The molecule has 0 saturated heterocycles. The molecule has 3 nitrogen and oxygen atoms in total. The van der Waals surface area contributed by atoms with E-state index in [2.05, 4.69) is 0 Å². The average molecular weight is 284 g/mol. The van der Waals surface area contributed by atoms with Crippen molar-refractivity contribution in [1.29, 1.82) is 0 Å². The predicted molar refractivity (Wildman–Crippen MR) is 62.5 cm³/mol. The van der Waals surface area contributed by atoms with Gasteiger partial charge in [-0.2, -0.15) is 0 Å². The minimum atomic E-state index is -0.689. The predicted octanol–water partition coefficient (Wildman–Crippen LogP) is 3.09. The molecule has 0 heterocycles. The molecule has 0 spiro atoms. The van der Waals surface area contributed by atoms with Crippen LogP contribution in [0.5, 0.6) is 0 Å². The first-order valence-electron chi connectivity index (χ1n) is 4.61. The molecule has 1 rings (SSSR count). The van der Waals surface area contributed by atoms with Crippen molar-refractivity contribution in [2.75, 3.05) is 0 Å². The number of Topliss-reactive ketones (excluding diaryl/α,β-unsaturated/α-hetero) is 2. The van der Waals surface area contributed by atoms with Gasteiger partial charge in [0.1, 0.15) is 15.1 Å². The van der Waals surface area contributed by atoms with Gasteiger partial charge in [-0.25, -0.2) is 0 Å². The number of hydrogen-bond acceptors (Lipinski definition) is 3. The number of carbonyl (C=O) groups is 2. The Hall–Kier alpha value is -0.510. The molecule has 16 heavy (non-hydrogen) atoms. The summed E-state index contributed by atoms with van der Waals surface area (Å²) in [6, 6.07) is 0. The Kier molecular flexibility index (Phi) is 4.42. The van der Waals surface area contributed by atoms with Gasteiger partial charge in [-0.15, -0.1) is 0 Å². The molecule has 88 valence electrons. The molecular weight excluding hydrogens is 274 g/mol. The zero-order valence-electron chi connectivity index (χ0n) is 8.64. The van der Waals surface area contributed by atoms with Crippen molar-refractivity contribution < 1.29 is 14.3 Å². The van der Waals surface area contributed by atoms with E-state index in [1.54, 1.807) is 6.92 Å². The van der Waals surface area contributed by atoms with E-state index in [0.717, 1.165) is 0 Å². The number of ketones is 2. The Balaban J connectivity index is 3.09. The fraction of sp³-hybridized carbons (Fsp3) is 0.400. The third-order valence-electron chi connectivity index (χ3n) is 2.09. The van der Waals surface area contributed by atoms with Gasteiger partial charge in [0, 0.05) is 0 Å². The van der Waals surface area contributed by atoms with Crippen LogP contribution in [0, 0.1) is 0 Å². The van der Waals surface area contributed by atoms with Crippen LogP contribution in [0.1, 0.15) is 20.3 Å². The third-order valence-corrected chi connectivity index (χ3v) is 3.25. The quantitative estimate of drug-likeness (QED) is 0.748. The molecule has 0 bridgehead atoms. The highest BCUT2D eigenvalue weighted by Gasteiger charge is 2.34. The van der Waals surface area contributed by atoms with Crippen molar-refractivity contribution in [3.8, 4) is 0 Å². The zero-order chi connectivity index (χ0) is 12.5. The molecule has 0 radical (unpaired) electrons. The summed E-state index contributed by atoms with van der Waals surface area (Å²) in [6.07, 6.45) is 0.436.